The number of quaternary nitrogens is 1. The van der Waals surface area contributed by atoms with Gasteiger partial charge in [-0.15, -0.1) is 0 Å². The van der Waals surface area contributed by atoms with E-state index >= 15 is 0 Å². The van der Waals surface area contributed by atoms with Gasteiger partial charge in [-0.1, -0.05) is 60.7 Å². The van der Waals surface area contributed by atoms with E-state index in [1.54, 1.807) is 0 Å². The lowest BCUT2D eigenvalue weighted by molar-refractivity contribution is -0.683. The van der Waals surface area contributed by atoms with Crippen molar-refractivity contribution >= 4 is 5.91 Å². The molecule has 1 atom stereocenters. The molecule has 1 aliphatic rings. The normalized spacial score (nSPS) is 16.6. The predicted molar refractivity (Wildman–Crippen MR) is 101 cm³/mol. The molecular formula is C22H29N2O+. The molecule has 3 heteroatoms. The number of benzene rings is 2. The van der Waals surface area contributed by atoms with Crippen molar-refractivity contribution < 1.29 is 10.1 Å². The van der Waals surface area contributed by atoms with Crippen molar-refractivity contribution in [1.82, 2.24) is 4.90 Å². The van der Waals surface area contributed by atoms with Gasteiger partial charge in [0.2, 0.25) is 0 Å². The highest BCUT2D eigenvalue weighted by Crippen LogP contribution is 2.21. The van der Waals surface area contributed by atoms with Crippen LogP contribution in [0.5, 0.6) is 0 Å². The van der Waals surface area contributed by atoms with Crippen LogP contribution in [-0.2, 0) is 11.2 Å². The molecule has 2 aromatic rings. The van der Waals surface area contributed by atoms with Crippen LogP contribution < -0.4 is 5.32 Å². The second-order valence-electron chi connectivity index (χ2n) is 7.15. The summed E-state index contributed by atoms with van der Waals surface area (Å²) in [4.78, 5) is 14.5. The second-order valence-corrected chi connectivity index (χ2v) is 7.15. The smallest absolute Gasteiger partial charge is 0.277 e. The average molecular weight is 337 g/mol. The summed E-state index contributed by atoms with van der Waals surface area (Å²) in [5.74, 6) is 0.986. The lowest BCUT2D eigenvalue weighted by Crippen LogP contribution is -2.87. The van der Waals surface area contributed by atoms with E-state index < -0.39 is 0 Å². The molecule has 0 bridgehead atoms. The number of nitrogens with two attached hydrogens (primary N) is 1. The van der Waals surface area contributed by atoms with Crippen LogP contribution in [0, 0.1) is 5.92 Å². The highest BCUT2D eigenvalue weighted by atomic mass is 16.2. The molecule has 0 aliphatic carbocycles. The van der Waals surface area contributed by atoms with Crippen molar-refractivity contribution in [3.8, 4) is 0 Å². The minimum atomic E-state index is 0.279. The molecule has 25 heavy (non-hydrogen) atoms. The average Bonchev–Trinajstić information content (AvgIpc) is 2.68. The van der Waals surface area contributed by atoms with E-state index in [2.05, 4.69) is 71.7 Å². The minimum absolute atomic E-state index is 0.279. The van der Waals surface area contributed by atoms with E-state index in [0.717, 1.165) is 32.4 Å². The van der Waals surface area contributed by atoms with Gasteiger partial charge < -0.3 is 10.2 Å². The quantitative estimate of drug-likeness (QED) is 0.865. The number of hydrogen-bond acceptors (Lipinski definition) is 1. The van der Waals surface area contributed by atoms with Gasteiger partial charge in [-0.3, -0.25) is 4.79 Å². The first-order valence-corrected chi connectivity index (χ1v) is 9.42. The zero-order chi connectivity index (χ0) is 17.5. The maximum absolute atomic E-state index is 12.5. The van der Waals surface area contributed by atoms with Gasteiger partial charge in [-0.2, -0.15) is 0 Å². The molecule has 132 valence electrons. The topological polar surface area (TPSA) is 36.9 Å². The first-order chi connectivity index (χ1) is 12.2. The Morgan fingerprint density at radius 2 is 1.64 bits per heavy atom. The zero-order valence-corrected chi connectivity index (χ0v) is 15.1. The molecule has 3 nitrogen and oxygen atoms in total. The molecular weight excluding hydrogens is 308 g/mol. The molecule has 2 aromatic carbocycles. The van der Waals surface area contributed by atoms with Crippen molar-refractivity contribution in [3.63, 3.8) is 0 Å². The van der Waals surface area contributed by atoms with Crippen molar-refractivity contribution in [3.05, 3.63) is 71.8 Å². The molecule has 1 aliphatic heterocycles. The van der Waals surface area contributed by atoms with Gasteiger partial charge >= 0.3 is 0 Å². The SMILES string of the molecule is C[C@H]([NH2+]CC(=O)N1CCC(Cc2ccccc2)CC1)c1ccccc1. The maximum atomic E-state index is 12.5. The van der Waals surface area contributed by atoms with Gasteiger partial charge in [0.25, 0.3) is 5.91 Å². The largest absolute Gasteiger partial charge is 0.338 e. The Labute approximate surface area is 151 Å². The van der Waals surface area contributed by atoms with Crippen molar-refractivity contribution in [2.45, 2.75) is 32.2 Å². The van der Waals surface area contributed by atoms with Gasteiger partial charge in [0.05, 0.1) is 0 Å². The van der Waals surface area contributed by atoms with Crippen LogP contribution in [0.4, 0.5) is 0 Å². The Balaban J connectivity index is 1.41. The number of carbonyl (C=O) groups excluding carboxylic acids is 1. The molecule has 0 aromatic heterocycles. The summed E-state index contributed by atoms with van der Waals surface area (Å²) in [5, 5.41) is 2.15. The standard InChI is InChI=1S/C22H28N2O/c1-18(21-10-6-3-7-11-21)23-17-22(25)24-14-12-20(13-15-24)16-19-8-4-2-5-9-19/h2-11,18,20,23H,12-17H2,1H3/p+1/t18-/m0/s1. The van der Waals surface area contributed by atoms with Gasteiger partial charge in [0.15, 0.2) is 6.54 Å². The first-order valence-electron chi connectivity index (χ1n) is 9.42. The Hall–Kier alpha value is -2.13. The molecule has 1 fully saturated rings. The van der Waals surface area contributed by atoms with Gasteiger partial charge in [0, 0.05) is 18.7 Å². The number of carbonyl (C=O) groups is 1. The number of amides is 1. The number of piperidine rings is 1. The Kier molecular flexibility index (Phi) is 6.24. The third-order valence-corrected chi connectivity index (χ3v) is 5.31. The Bertz CT molecular complexity index is 648. The van der Waals surface area contributed by atoms with E-state index in [4.69, 9.17) is 0 Å². The van der Waals surface area contributed by atoms with Crippen LogP contribution in [0.1, 0.15) is 36.9 Å². The molecule has 2 N–H and O–H groups in total. The van der Waals surface area contributed by atoms with Crippen molar-refractivity contribution in [2.75, 3.05) is 19.6 Å². The number of hydrogen-bond donors (Lipinski definition) is 1. The van der Waals surface area contributed by atoms with Crippen LogP contribution in [-0.4, -0.2) is 30.4 Å². The van der Waals surface area contributed by atoms with Crippen LogP contribution in [0.3, 0.4) is 0 Å². The summed E-state index contributed by atoms with van der Waals surface area (Å²) in [6.07, 6.45) is 3.38. The molecule has 1 amide bonds. The monoisotopic (exact) mass is 337 g/mol. The number of nitrogens with zero attached hydrogens (tertiary/aromatic N) is 1. The molecule has 3 rings (SSSR count). The molecule has 0 radical (unpaired) electrons. The summed E-state index contributed by atoms with van der Waals surface area (Å²) >= 11 is 0. The predicted octanol–water partition coefficient (Wildman–Crippen LogP) is 2.79. The number of likely N-dealkylation sites (tertiary alicyclic amines) is 1. The van der Waals surface area contributed by atoms with Gasteiger partial charge in [-0.05, 0) is 37.7 Å². The third-order valence-electron chi connectivity index (χ3n) is 5.31. The van der Waals surface area contributed by atoms with Crippen LogP contribution in [0.15, 0.2) is 60.7 Å². The van der Waals surface area contributed by atoms with Crippen LogP contribution >= 0.6 is 0 Å². The lowest BCUT2D eigenvalue weighted by Gasteiger charge is -2.32. The first kappa shape index (κ1) is 17.7. The second kappa shape index (κ2) is 8.82. The summed E-state index contributed by atoms with van der Waals surface area (Å²) in [6, 6.07) is 21.4. The van der Waals surface area contributed by atoms with E-state index in [1.807, 2.05) is 6.07 Å². The highest BCUT2D eigenvalue weighted by Gasteiger charge is 2.24. The molecule has 0 spiro atoms. The molecule has 1 heterocycles. The zero-order valence-electron chi connectivity index (χ0n) is 15.1. The summed E-state index contributed by atoms with van der Waals surface area (Å²) in [6.45, 7) is 4.52. The third kappa shape index (κ3) is 5.17. The van der Waals surface area contributed by atoms with Crippen LogP contribution in [0.25, 0.3) is 0 Å². The summed E-state index contributed by atoms with van der Waals surface area (Å²) < 4.78 is 0. The van der Waals surface area contributed by atoms with Crippen molar-refractivity contribution in [1.29, 1.82) is 0 Å². The molecule has 0 unspecified atom stereocenters. The molecule has 1 saturated heterocycles. The maximum Gasteiger partial charge on any atom is 0.277 e. The van der Waals surface area contributed by atoms with E-state index in [9.17, 15) is 4.79 Å². The van der Waals surface area contributed by atoms with Crippen molar-refractivity contribution in [2.24, 2.45) is 5.92 Å². The summed E-state index contributed by atoms with van der Waals surface area (Å²) in [7, 11) is 0. The lowest BCUT2D eigenvalue weighted by atomic mass is 9.90. The van der Waals surface area contributed by atoms with Gasteiger partial charge in [0.1, 0.15) is 6.04 Å². The Morgan fingerprint density at radius 1 is 1.04 bits per heavy atom. The highest BCUT2D eigenvalue weighted by molar-refractivity contribution is 5.77. The van der Waals surface area contributed by atoms with Gasteiger partial charge in [-0.25, -0.2) is 0 Å². The Morgan fingerprint density at radius 3 is 2.28 bits per heavy atom. The van der Waals surface area contributed by atoms with E-state index in [0.29, 0.717) is 18.5 Å². The number of rotatable bonds is 6. The van der Waals surface area contributed by atoms with E-state index in [-0.39, 0.29) is 5.91 Å². The summed E-state index contributed by atoms with van der Waals surface area (Å²) in [5.41, 5.74) is 2.69. The fourth-order valence-corrected chi connectivity index (χ4v) is 3.63. The van der Waals surface area contributed by atoms with Crippen LogP contribution in [0.2, 0.25) is 0 Å². The van der Waals surface area contributed by atoms with E-state index in [1.165, 1.54) is 11.1 Å². The molecule has 0 saturated carbocycles. The fraction of sp³-hybridized carbons (Fsp3) is 0.409. The fourth-order valence-electron chi connectivity index (χ4n) is 3.63. The minimum Gasteiger partial charge on any atom is -0.338 e.